The fourth-order valence-corrected chi connectivity index (χ4v) is 6.92. The Labute approximate surface area is 259 Å². The molecule has 3 aromatic carbocycles. The Morgan fingerprint density at radius 2 is 1.84 bits per heavy atom. The van der Waals surface area contributed by atoms with Crippen LogP contribution in [0.1, 0.15) is 16.7 Å². The summed E-state index contributed by atoms with van der Waals surface area (Å²) in [6.07, 6.45) is 1.14. The van der Waals surface area contributed by atoms with Crippen LogP contribution in [-0.4, -0.2) is 74.6 Å². The number of phenols is 1. The lowest BCUT2D eigenvalue weighted by molar-refractivity contribution is -0.189. The van der Waals surface area contributed by atoms with Crippen molar-refractivity contribution in [3.8, 4) is 5.75 Å². The van der Waals surface area contributed by atoms with E-state index in [9.17, 15) is 19.5 Å². The van der Waals surface area contributed by atoms with Gasteiger partial charge >= 0.3 is 6.03 Å². The van der Waals surface area contributed by atoms with E-state index < -0.39 is 12.2 Å². The van der Waals surface area contributed by atoms with Crippen LogP contribution in [0.15, 0.2) is 90.8 Å². The third kappa shape index (κ3) is 5.84. The van der Waals surface area contributed by atoms with E-state index in [1.54, 1.807) is 61.5 Å². The second kappa shape index (κ2) is 12.4. The van der Waals surface area contributed by atoms with Gasteiger partial charge in [0.25, 0.3) is 0 Å². The van der Waals surface area contributed by atoms with Crippen LogP contribution in [0.4, 0.5) is 10.5 Å². The van der Waals surface area contributed by atoms with E-state index in [-0.39, 0.29) is 49.7 Å². The molecule has 2 aliphatic heterocycles. The number of rotatable bonds is 8. The molecule has 0 unspecified atom stereocenters. The van der Waals surface area contributed by atoms with Crippen molar-refractivity contribution in [2.75, 3.05) is 25.4 Å². The summed E-state index contributed by atoms with van der Waals surface area (Å²) >= 11 is 1.58. The Morgan fingerprint density at radius 1 is 1.07 bits per heavy atom. The molecule has 4 amide bonds. The number of urea groups is 1. The predicted molar refractivity (Wildman–Crippen MR) is 170 cm³/mol. The van der Waals surface area contributed by atoms with Crippen LogP contribution >= 0.6 is 11.3 Å². The van der Waals surface area contributed by atoms with Crippen LogP contribution in [0.5, 0.6) is 5.75 Å². The van der Waals surface area contributed by atoms with Gasteiger partial charge in [-0.25, -0.2) is 14.8 Å². The first-order valence-electron chi connectivity index (χ1n) is 14.4. The lowest BCUT2D eigenvalue weighted by Crippen LogP contribution is -2.76. The smallest absolute Gasteiger partial charge is 0.334 e. The van der Waals surface area contributed by atoms with Crippen LogP contribution in [-0.2, 0) is 29.1 Å². The average Bonchev–Trinajstić information content (AvgIpc) is 3.41. The van der Waals surface area contributed by atoms with Crippen LogP contribution in [0.3, 0.4) is 0 Å². The van der Waals surface area contributed by atoms with Crippen molar-refractivity contribution in [1.82, 2.24) is 25.1 Å². The molecule has 0 bridgehead atoms. The van der Waals surface area contributed by atoms with E-state index in [1.807, 2.05) is 53.9 Å². The quantitative estimate of drug-likeness (QED) is 0.205. The number of aromatic hydroxyl groups is 1. The Hall–Kier alpha value is -4.87. The summed E-state index contributed by atoms with van der Waals surface area (Å²) < 4.78 is 1.06. The minimum atomic E-state index is -0.851. The van der Waals surface area contributed by atoms with Crippen molar-refractivity contribution in [1.29, 1.82) is 0 Å². The molecule has 3 heterocycles. The van der Waals surface area contributed by atoms with Gasteiger partial charge in [-0.3, -0.25) is 9.59 Å². The Kier molecular flexibility index (Phi) is 8.23. The van der Waals surface area contributed by atoms with Crippen LogP contribution in [0, 0.1) is 0 Å². The van der Waals surface area contributed by atoms with Crippen LogP contribution in [0.25, 0.3) is 10.1 Å². The molecule has 0 saturated carbocycles. The summed E-state index contributed by atoms with van der Waals surface area (Å²) in [5, 5.41) is 19.1. The van der Waals surface area contributed by atoms with Gasteiger partial charge in [-0.15, -0.1) is 17.9 Å². The maximum absolute atomic E-state index is 14.2. The number of thiophene rings is 1. The number of carbonyl (C=O) groups excluding carboxylic acids is 3. The normalized spacial score (nSPS) is 18.9. The molecule has 2 fully saturated rings. The molecule has 226 valence electrons. The second-order valence-electron chi connectivity index (χ2n) is 11.0. The average molecular weight is 611 g/mol. The third-order valence-corrected chi connectivity index (χ3v) is 9.08. The van der Waals surface area contributed by atoms with E-state index in [0.717, 1.165) is 26.8 Å². The van der Waals surface area contributed by atoms with Gasteiger partial charge in [0.15, 0.2) is 0 Å². The number of hydrogen-bond donors (Lipinski definition) is 3. The predicted octanol–water partition coefficient (Wildman–Crippen LogP) is 3.93. The molecule has 6 rings (SSSR count). The lowest BCUT2D eigenvalue weighted by atomic mass is 9.98. The molecule has 0 spiro atoms. The number of phenolic OH excluding ortho intramolecular Hbond substituents is 1. The summed E-state index contributed by atoms with van der Waals surface area (Å²) in [7, 11) is 0. The highest BCUT2D eigenvalue weighted by Crippen LogP contribution is 2.33. The lowest BCUT2D eigenvalue weighted by Gasteiger charge is -2.55. The largest absolute Gasteiger partial charge is 0.508 e. The molecule has 2 atom stereocenters. The Bertz CT molecular complexity index is 1690. The number of anilines is 1. The maximum Gasteiger partial charge on any atom is 0.334 e. The number of benzene rings is 3. The number of nitrogens with two attached hydrogens (primary N) is 1. The maximum atomic E-state index is 14.2. The first kappa shape index (κ1) is 29.2. The molecule has 1 aromatic heterocycles. The molecule has 10 nitrogen and oxygen atoms in total. The van der Waals surface area contributed by atoms with E-state index in [0.29, 0.717) is 18.8 Å². The van der Waals surface area contributed by atoms with Gasteiger partial charge < -0.3 is 26.0 Å². The highest BCUT2D eigenvalue weighted by molar-refractivity contribution is 7.17. The van der Waals surface area contributed by atoms with Gasteiger partial charge in [-0.1, -0.05) is 48.5 Å². The Morgan fingerprint density at radius 3 is 2.59 bits per heavy atom. The highest BCUT2D eigenvalue weighted by Gasteiger charge is 2.51. The van der Waals surface area contributed by atoms with E-state index in [1.165, 1.54) is 0 Å². The number of hydrogen-bond acceptors (Lipinski definition) is 7. The SMILES string of the molecule is C=CCN1CC(=O)N2[C@@H](Cc3ccc(O)cc3)C(=O)N(Cc3csc4ccc(N)cc34)C[C@@H]2N1C(=O)NCc1ccccc1. The minimum absolute atomic E-state index is 0.0743. The number of nitrogens with zero attached hydrogens (tertiary/aromatic N) is 4. The van der Waals surface area contributed by atoms with E-state index in [2.05, 4.69) is 11.9 Å². The van der Waals surface area contributed by atoms with Gasteiger partial charge in [0.05, 0.1) is 13.1 Å². The Balaban J connectivity index is 1.36. The zero-order valence-corrected chi connectivity index (χ0v) is 25.0. The number of hydrazine groups is 1. The summed E-state index contributed by atoms with van der Waals surface area (Å²) in [6, 6.07) is 20.7. The minimum Gasteiger partial charge on any atom is -0.508 e. The fourth-order valence-electron chi connectivity index (χ4n) is 5.98. The molecule has 4 N–H and O–H groups in total. The molecule has 0 radical (unpaired) electrons. The van der Waals surface area contributed by atoms with Gasteiger partial charge in [0.1, 0.15) is 18.0 Å². The first-order chi connectivity index (χ1) is 21.3. The molecule has 44 heavy (non-hydrogen) atoms. The molecule has 0 aliphatic carbocycles. The number of nitrogens with one attached hydrogen (secondary N) is 1. The van der Waals surface area contributed by atoms with Crippen molar-refractivity contribution in [3.63, 3.8) is 0 Å². The standard InChI is InChI=1S/C33H34N6O4S/c1-2-14-37-20-31(41)38-28(15-22-8-11-26(40)12-9-22)32(42)36(18-24-21-44-29-13-10-25(34)16-27(24)29)19-30(38)39(37)33(43)35-17-23-6-4-3-5-7-23/h2-13,16,21,28,30,40H,1,14-15,17-20,34H2,(H,35,43)/t28-,30-/m0/s1. The van der Waals surface area contributed by atoms with Crippen molar-refractivity contribution in [2.45, 2.75) is 31.7 Å². The number of amides is 4. The fraction of sp³-hybridized carbons (Fsp3) is 0.242. The number of fused-ring (bicyclic) bond motifs is 2. The second-order valence-corrected chi connectivity index (χ2v) is 11.9. The van der Waals surface area contributed by atoms with Gasteiger partial charge in [0, 0.05) is 36.4 Å². The van der Waals surface area contributed by atoms with Gasteiger partial charge in [-0.05, 0) is 57.8 Å². The van der Waals surface area contributed by atoms with Gasteiger partial charge in [-0.2, -0.15) is 0 Å². The molecule has 11 heteroatoms. The van der Waals surface area contributed by atoms with Crippen molar-refractivity contribution < 1.29 is 19.5 Å². The molecular formula is C33H34N6O4S. The van der Waals surface area contributed by atoms with Crippen molar-refractivity contribution in [2.24, 2.45) is 0 Å². The van der Waals surface area contributed by atoms with E-state index >= 15 is 0 Å². The number of piperazine rings is 1. The third-order valence-electron chi connectivity index (χ3n) is 8.07. The summed E-state index contributed by atoms with van der Waals surface area (Å²) in [5.74, 6) is -0.329. The molecule has 2 aliphatic rings. The zero-order valence-electron chi connectivity index (χ0n) is 24.1. The zero-order chi connectivity index (χ0) is 30.8. The van der Waals surface area contributed by atoms with Crippen LogP contribution in [0.2, 0.25) is 0 Å². The monoisotopic (exact) mass is 610 g/mol. The number of carbonyl (C=O) groups is 3. The molecular weight excluding hydrogens is 576 g/mol. The van der Waals surface area contributed by atoms with Gasteiger partial charge in [0.2, 0.25) is 11.8 Å². The molecule has 2 saturated heterocycles. The highest BCUT2D eigenvalue weighted by atomic mass is 32.1. The molecule has 4 aromatic rings. The summed E-state index contributed by atoms with van der Waals surface area (Å²) in [4.78, 5) is 45.2. The van der Waals surface area contributed by atoms with Crippen molar-refractivity contribution >= 4 is 45.0 Å². The first-order valence-corrected chi connectivity index (χ1v) is 15.3. The summed E-state index contributed by atoms with van der Waals surface area (Å²) in [6.45, 7) is 4.78. The van der Waals surface area contributed by atoms with Crippen molar-refractivity contribution in [3.05, 3.63) is 108 Å². The topological polar surface area (TPSA) is 122 Å². The number of nitrogen functional groups attached to an aromatic ring is 1. The van der Waals surface area contributed by atoms with Crippen LogP contribution < -0.4 is 11.1 Å². The summed E-state index contributed by atoms with van der Waals surface area (Å²) in [5.41, 5.74) is 9.41. The van der Waals surface area contributed by atoms with E-state index in [4.69, 9.17) is 5.73 Å².